The van der Waals surface area contributed by atoms with E-state index in [0.29, 0.717) is 13.2 Å². The van der Waals surface area contributed by atoms with Gasteiger partial charge in [0.1, 0.15) is 24.7 Å². The number of benzene rings is 1. The van der Waals surface area contributed by atoms with Gasteiger partial charge in [-0.1, -0.05) is 0 Å². The van der Waals surface area contributed by atoms with Crippen molar-refractivity contribution in [2.24, 2.45) is 0 Å². The Kier molecular flexibility index (Phi) is 3.40. The van der Waals surface area contributed by atoms with Crippen molar-refractivity contribution in [3.05, 3.63) is 39.8 Å². The highest BCUT2D eigenvalue weighted by Gasteiger charge is 2.22. The zero-order valence-electron chi connectivity index (χ0n) is 11.0. The third-order valence-corrected chi connectivity index (χ3v) is 3.99. The summed E-state index contributed by atoms with van der Waals surface area (Å²) >= 11 is 1.64. The molecule has 2 heterocycles. The van der Waals surface area contributed by atoms with Crippen molar-refractivity contribution in [2.45, 2.75) is 19.6 Å². The first-order valence-corrected chi connectivity index (χ1v) is 7.12. The Bertz CT molecular complexity index is 583. The summed E-state index contributed by atoms with van der Waals surface area (Å²) in [4.78, 5) is 4.38. The quantitative estimate of drug-likeness (QED) is 0.932. The van der Waals surface area contributed by atoms with E-state index in [1.807, 2.05) is 31.5 Å². The Morgan fingerprint density at radius 1 is 1.53 bits per heavy atom. The normalized spacial score (nSPS) is 17.1. The Morgan fingerprint density at radius 2 is 2.42 bits per heavy atom. The number of aryl methyl sites for hydroxylation is 1. The smallest absolute Gasteiger partial charge is 0.131 e. The topological polar surface area (TPSA) is 43.4 Å². The first-order chi connectivity index (χ1) is 9.26. The van der Waals surface area contributed by atoms with Crippen LogP contribution in [0, 0.1) is 6.92 Å². The molecule has 1 aliphatic heterocycles. The SMILES string of the molecule is CNC1COc2cc(OCc3csc(C)n3)ccc21. The van der Waals surface area contributed by atoms with Crippen molar-refractivity contribution in [2.75, 3.05) is 13.7 Å². The van der Waals surface area contributed by atoms with Crippen LogP contribution in [0.4, 0.5) is 0 Å². The van der Waals surface area contributed by atoms with Crippen LogP contribution in [0.2, 0.25) is 0 Å². The maximum atomic E-state index is 5.74. The lowest BCUT2D eigenvalue weighted by molar-refractivity contribution is 0.295. The molecule has 1 atom stereocenters. The largest absolute Gasteiger partial charge is 0.491 e. The Balaban J connectivity index is 1.69. The summed E-state index contributed by atoms with van der Waals surface area (Å²) in [6.45, 7) is 3.18. The van der Waals surface area contributed by atoms with Crippen LogP contribution in [0.15, 0.2) is 23.6 Å². The molecule has 2 aromatic rings. The molecule has 100 valence electrons. The van der Waals surface area contributed by atoms with Gasteiger partial charge in [0.25, 0.3) is 0 Å². The highest BCUT2D eigenvalue weighted by Crippen LogP contribution is 2.35. The molecule has 0 radical (unpaired) electrons. The highest BCUT2D eigenvalue weighted by atomic mass is 32.1. The molecule has 0 spiro atoms. The van der Waals surface area contributed by atoms with Crippen LogP contribution >= 0.6 is 11.3 Å². The molecular formula is C14H16N2O2S. The summed E-state index contributed by atoms with van der Waals surface area (Å²) < 4.78 is 11.4. The predicted octanol–water partition coefficient (Wildman–Crippen LogP) is 2.68. The third kappa shape index (κ3) is 2.57. The van der Waals surface area contributed by atoms with E-state index in [0.717, 1.165) is 22.2 Å². The molecular weight excluding hydrogens is 260 g/mol. The van der Waals surface area contributed by atoms with Gasteiger partial charge in [-0.3, -0.25) is 0 Å². The van der Waals surface area contributed by atoms with E-state index in [1.165, 1.54) is 5.56 Å². The summed E-state index contributed by atoms with van der Waals surface area (Å²) in [6, 6.07) is 6.28. The first-order valence-electron chi connectivity index (χ1n) is 6.24. The highest BCUT2D eigenvalue weighted by molar-refractivity contribution is 7.09. The molecule has 0 aliphatic carbocycles. The lowest BCUT2D eigenvalue weighted by atomic mass is 10.1. The van der Waals surface area contributed by atoms with Crippen LogP contribution in [0.1, 0.15) is 22.3 Å². The minimum atomic E-state index is 0.283. The van der Waals surface area contributed by atoms with Crippen LogP contribution in [0.3, 0.4) is 0 Å². The summed E-state index contributed by atoms with van der Waals surface area (Å²) in [7, 11) is 1.94. The summed E-state index contributed by atoms with van der Waals surface area (Å²) in [5, 5.41) is 6.31. The van der Waals surface area contributed by atoms with E-state index in [9.17, 15) is 0 Å². The maximum absolute atomic E-state index is 5.74. The van der Waals surface area contributed by atoms with Crippen molar-refractivity contribution in [3.63, 3.8) is 0 Å². The molecule has 5 heteroatoms. The second-order valence-electron chi connectivity index (χ2n) is 4.50. The van der Waals surface area contributed by atoms with Gasteiger partial charge in [-0.15, -0.1) is 11.3 Å². The van der Waals surface area contributed by atoms with Gasteiger partial charge in [-0.25, -0.2) is 4.98 Å². The fourth-order valence-electron chi connectivity index (χ4n) is 2.15. The van der Waals surface area contributed by atoms with Gasteiger partial charge in [0.2, 0.25) is 0 Å². The minimum Gasteiger partial charge on any atom is -0.491 e. The fourth-order valence-corrected chi connectivity index (χ4v) is 2.75. The number of hydrogen-bond acceptors (Lipinski definition) is 5. The van der Waals surface area contributed by atoms with E-state index >= 15 is 0 Å². The molecule has 0 saturated carbocycles. The van der Waals surface area contributed by atoms with Gasteiger partial charge in [0.05, 0.1) is 16.7 Å². The van der Waals surface area contributed by atoms with Crippen molar-refractivity contribution in [1.29, 1.82) is 0 Å². The molecule has 1 N–H and O–H groups in total. The molecule has 1 unspecified atom stereocenters. The van der Waals surface area contributed by atoms with Gasteiger partial charge >= 0.3 is 0 Å². The number of hydrogen-bond donors (Lipinski definition) is 1. The average Bonchev–Trinajstić information content (AvgIpc) is 3.01. The van der Waals surface area contributed by atoms with Crippen molar-refractivity contribution in [3.8, 4) is 11.5 Å². The monoisotopic (exact) mass is 276 g/mol. The van der Waals surface area contributed by atoms with Gasteiger partial charge < -0.3 is 14.8 Å². The van der Waals surface area contributed by atoms with E-state index in [1.54, 1.807) is 11.3 Å². The molecule has 3 rings (SSSR count). The van der Waals surface area contributed by atoms with Gasteiger partial charge in [-0.2, -0.15) is 0 Å². The van der Waals surface area contributed by atoms with E-state index < -0.39 is 0 Å². The summed E-state index contributed by atoms with van der Waals surface area (Å²) in [6.07, 6.45) is 0. The minimum absolute atomic E-state index is 0.283. The molecule has 0 amide bonds. The number of nitrogens with zero attached hydrogens (tertiary/aromatic N) is 1. The lowest BCUT2D eigenvalue weighted by Crippen LogP contribution is -2.17. The van der Waals surface area contributed by atoms with Crippen molar-refractivity contribution in [1.82, 2.24) is 10.3 Å². The molecule has 0 bridgehead atoms. The van der Waals surface area contributed by atoms with Crippen LogP contribution in [0.5, 0.6) is 11.5 Å². The molecule has 1 aromatic carbocycles. The number of nitrogens with one attached hydrogen (secondary N) is 1. The first kappa shape index (κ1) is 12.4. The number of thiazole rings is 1. The predicted molar refractivity (Wildman–Crippen MR) is 74.9 cm³/mol. The molecule has 4 nitrogen and oxygen atoms in total. The Labute approximate surface area is 116 Å². The van der Waals surface area contributed by atoms with Crippen LogP contribution in [-0.2, 0) is 6.61 Å². The van der Waals surface area contributed by atoms with Crippen LogP contribution < -0.4 is 14.8 Å². The Morgan fingerprint density at radius 3 is 3.16 bits per heavy atom. The van der Waals surface area contributed by atoms with Crippen molar-refractivity contribution < 1.29 is 9.47 Å². The summed E-state index contributed by atoms with van der Waals surface area (Å²) in [5.74, 6) is 1.73. The van der Waals surface area contributed by atoms with Gasteiger partial charge in [0, 0.05) is 17.0 Å². The molecule has 0 saturated heterocycles. The maximum Gasteiger partial charge on any atom is 0.131 e. The average molecular weight is 276 g/mol. The molecule has 1 aromatic heterocycles. The molecule has 1 aliphatic rings. The van der Waals surface area contributed by atoms with Crippen LogP contribution in [-0.4, -0.2) is 18.6 Å². The number of likely N-dealkylation sites (N-methyl/N-ethyl adjacent to an activating group) is 1. The van der Waals surface area contributed by atoms with Gasteiger partial charge in [-0.05, 0) is 26.1 Å². The summed E-state index contributed by atoms with van der Waals surface area (Å²) in [5.41, 5.74) is 2.16. The van der Waals surface area contributed by atoms with E-state index in [-0.39, 0.29) is 6.04 Å². The van der Waals surface area contributed by atoms with Gasteiger partial charge in [0.15, 0.2) is 0 Å². The Hall–Kier alpha value is -1.59. The number of aromatic nitrogens is 1. The molecule has 0 fully saturated rings. The van der Waals surface area contributed by atoms with Crippen LogP contribution in [0.25, 0.3) is 0 Å². The zero-order valence-corrected chi connectivity index (χ0v) is 11.8. The lowest BCUT2D eigenvalue weighted by Gasteiger charge is -2.08. The second-order valence-corrected chi connectivity index (χ2v) is 5.56. The van der Waals surface area contributed by atoms with E-state index in [4.69, 9.17) is 9.47 Å². The molecule has 19 heavy (non-hydrogen) atoms. The zero-order chi connectivity index (χ0) is 13.2. The second kappa shape index (κ2) is 5.19. The number of fused-ring (bicyclic) bond motifs is 1. The fraction of sp³-hybridized carbons (Fsp3) is 0.357. The third-order valence-electron chi connectivity index (χ3n) is 3.17. The van der Waals surface area contributed by atoms with E-state index in [2.05, 4.69) is 16.4 Å². The number of rotatable bonds is 4. The van der Waals surface area contributed by atoms with Crippen molar-refractivity contribution >= 4 is 11.3 Å². The standard InChI is InChI=1S/C14H16N2O2S/c1-9-16-10(8-19-9)6-17-11-3-4-12-13(15-2)7-18-14(12)5-11/h3-5,8,13,15H,6-7H2,1-2H3. The number of ether oxygens (including phenoxy) is 2.